The Kier molecular flexibility index (Phi) is 4.32. The summed E-state index contributed by atoms with van der Waals surface area (Å²) < 4.78 is 0. The number of hydrogen-bond donors (Lipinski definition) is 1. The average Bonchev–Trinajstić information content (AvgIpc) is 2.62. The minimum absolute atomic E-state index is 0.0579. The number of pyridine rings is 2. The largest absolute Gasteiger partial charge is 0.373 e. The second-order valence-electron chi connectivity index (χ2n) is 5.53. The molecule has 0 spiro atoms. The number of aromatic nitrogens is 2. The quantitative estimate of drug-likeness (QED) is 0.945. The first-order valence-corrected chi connectivity index (χ1v) is 7.62. The summed E-state index contributed by atoms with van der Waals surface area (Å²) in [7, 11) is 1.87. The summed E-state index contributed by atoms with van der Waals surface area (Å²) in [6, 6.07) is 9.62. The maximum absolute atomic E-state index is 12.6. The van der Waals surface area contributed by atoms with Crippen LogP contribution in [0.4, 0.5) is 5.82 Å². The summed E-state index contributed by atoms with van der Waals surface area (Å²) in [5.74, 6) is 1.22. The van der Waals surface area contributed by atoms with E-state index in [2.05, 4.69) is 15.3 Å². The molecule has 2 aromatic rings. The van der Waals surface area contributed by atoms with Gasteiger partial charge < -0.3 is 10.2 Å². The molecule has 1 fully saturated rings. The summed E-state index contributed by atoms with van der Waals surface area (Å²) in [6.45, 7) is 1.52. The molecule has 0 aliphatic carbocycles. The van der Waals surface area contributed by atoms with E-state index < -0.39 is 0 Å². The molecule has 0 radical (unpaired) electrons. The lowest BCUT2D eigenvalue weighted by molar-refractivity contribution is 0.0705. The second kappa shape index (κ2) is 6.56. The van der Waals surface area contributed by atoms with E-state index in [0.29, 0.717) is 18.0 Å². The topological polar surface area (TPSA) is 58.1 Å². The van der Waals surface area contributed by atoms with Gasteiger partial charge in [0.05, 0.1) is 5.56 Å². The van der Waals surface area contributed by atoms with Gasteiger partial charge in [0.1, 0.15) is 5.82 Å². The SMILES string of the molecule is CNc1cccc([C@@H]2CCCN(C(=O)c3cccnc3)C2)n1. The lowest BCUT2D eigenvalue weighted by Gasteiger charge is -2.32. The van der Waals surface area contributed by atoms with E-state index in [9.17, 15) is 4.79 Å². The van der Waals surface area contributed by atoms with Crippen molar-refractivity contribution >= 4 is 11.7 Å². The van der Waals surface area contributed by atoms with Crippen LogP contribution in [-0.4, -0.2) is 40.9 Å². The van der Waals surface area contributed by atoms with Crippen molar-refractivity contribution in [3.8, 4) is 0 Å². The van der Waals surface area contributed by atoms with E-state index in [4.69, 9.17) is 0 Å². The predicted octanol–water partition coefficient (Wildman–Crippen LogP) is 2.54. The molecule has 1 aliphatic heterocycles. The van der Waals surface area contributed by atoms with Gasteiger partial charge in [-0.2, -0.15) is 0 Å². The zero-order valence-corrected chi connectivity index (χ0v) is 12.7. The molecule has 0 unspecified atom stereocenters. The Labute approximate surface area is 130 Å². The van der Waals surface area contributed by atoms with Crippen molar-refractivity contribution in [2.75, 3.05) is 25.5 Å². The van der Waals surface area contributed by atoms with E-state index in [0.717, 1.165) is 30.9 Å². The molecule has 1 N–H and O–H groups in total. The van der Waals surface area contributed by atoms with Crippen LogP contribution in [0.5, 0.6) is 0 Å². The summed E-state index contributed by atoms with van der Waals surface area (Å²) in [6.07, 6.45) is 5.38. The summed E-state index contributed by atoms with van der Waals surface area (Å²) in [5.41, 5.74) is 1.70. The van der Waals surface area contributed by atoms with Crippen LogP contribution in [0.25, 0.3) is 0 Å². The number of hydrogen-bond acceptors (Lipinski definition) is 4. The zero-order chi connectivity index (χ0) is 15.4. The van der Waals surface area contributed by atoms with Crippen LogP contribution in [0.15, 0.2) is 42.7 Å². The molecule has 5 heteroatoms. The number of carbonyl (C=O) groups excluding carboxylic acids is 1. The van der Waals surface area contributed by atoms with Gasteiger partial charge in [0.2, 0.25) is 0 Å². The molecule has 0 bridgehead atoms. The Bertz CT molecular complexity index is 644. The third-order valence-electron chi connectivity index (χ3n) is 4.06. The van der Waals surface area contributed by atoms with Gasteiger partial charge in [0, 0.05) is 44.1 Å². The van der Waals surface area contributed by atoms with Crippen molar-refractivity contribution < 1.29 is 4.79 Å². The van der Waals surface area contributed by atoms with Crippen molar-refractivity contribution in [2.45, 2.75) is 18.8 Å². The minimum atomic E-state index is 0.0579. The van der Waals surface area contributed by atoms with Gasteiger partial charge in [-0.3, -0.25) is 9.78 Å². The number of anilines is 1. The molecule has 3 rings (SSSR count). The summed E-state index contributed by atoms with van der Waals surface area (Å²) in [4.78, 5) is 23.1. The third-order valence-corrected chi connectivity index (χ3v) is 4.06. The smallest absolute Gasteiger partial charge is 0.255 e. The van der Waals surface area contributed by atoms with Gasteiger partial charge in [0.15, 0.2) is 0 Å². The third kappa shape index (κ3) is 3.08. The fraction of sp³-hybridized carbons (Fsp3) is 0.353. The highest BCUT2D eigenvalue weighted by molar-refractivity contribution is 5.94. The number of nitrogens with zero attached hydrogens (tertiary/aromatic N) is 3. The first-order chi connectivity index (χ1) is 10.8. The van der Waals surface area contributed by atoms with Gasteiger partial charge in [-0.15, -0.1) is 0 Å². The standard InChI is InChI=1S/C17H20N4O/c1-18-16-8-2-7-15(20-16)14-6-4-10-21(12-14)17(22)13-5-3-9-19-11-13/h2-3,5,7-9,11,14H,4,6,10,12H2,1H3,(H,18,20)/t14-/m1/s1. The van der Waals surface area contributed by atoms with Crippen molar-refractivity contribution in [1.82, 2.24) is 14.9 Å². The van der Waals surface area contributed by atoms with E-state index in [1.165, 1.54) is 0 Å². The highest BCUT2D eigenvalue weighted by Gasteiger charge is 2.26. The Hall–Kier alpha value is -2.43. The molecule has 1 atom stereocenters. The minimum Gasteiger partial charge on any atom is -0.373 e. The lowest BCUT2D eigenvalue weighted by Crippen LogP contribution is -2.39. The fourth-order valence-electron chi connectivity index (χ4n) is 2.89. The number of carbonyl (C=O) groups is 1. The molecule has 1 saturated heterocycles. The highest BCUT2D eigenvalue weighted by Crippen LogP contribution is 2.27. The molecule has 2 aromatic heterocycles. The van der Waals surface area contributed by atoms with Gasteiger partial charge >= 0.3 is 0 Å². The molecule has 1 amide bonds. The molecule has 1 aliphatic rings. The molecule has 3 heterocycles. The van der Waals surface area contributed by atoms with Crippen LogP contribution < -0.4 is 5.32 Å². The summed E-state index contributed by atoms with van der Waals surface area (Å²) in [5, 5.41) is 3.07. The van der Waals surface area contributed by atoms with E-state index in [-0.39, 0.29) is 5.91 Å². The van der Waals surface area contributed by atoms with Gasteiger partial charge in [0.25, 0.3) is 5.91 Å². The number of likely N-dealkylation sites (tertiary alicyclic amines) is 1. The average molecular weight is 296 g/mol. The van der Waals surface area contributed by atoms with Crippen LogP contribution in [0.2, 0.25) is 0 Å². The van der Waals surface area contributed by atoms with Crippen molar-refractivity contribution in [3.05, 3.63) is 54.0 Å². The van der Waals surface area contributed by atoms with Crippen LogP contribution in [-0.2, 0) is 0 Å². The van der Waals surface area contributed by atoms with Crippen LogP contribution >= 0.6 is 0 Å². The maximum Gasteiger partial charge on any atom is 0.255 e. The van der Waals surface area contributed by atoms with Gasteiger partial charge in [-0.05, 0) is 37.1 Å². The van der Waals surface area contributed by atoms with Crippen molar-refractivity contribution in [3.63, 3.8) is 0 Å². The second-order valence-corrected chi connectivity index (χ2v) is 5.53. The normalized spacial score (nSPS) is 18.0. The fourth-order valence-corrected chi connectivity index (χ4v) is 2.89. The molecule has 5 nitrogen and oxygen atoms in total. The molecule has 0 saturated carbocycles. The van der Waals surface area contributed by atoms with E-state index in [1.807, 2.05) is 36.2 Å². The number of amides is 1. The van der Waals surface area contributed by atoms with E-state index in [1.54, 1.807) is 18.5 Å². The van der Waals surface area contributed by atoms with Crippen molar-refractivity contribution in [2.24, 2.45) is 0 Å². The van der Waals surface area contributed by atoms with Crippen LogP contribution in [0, 0.1) is 0 Å². The highest BCUT2D eigenvalue weighted by atomic mass is 16.2. The molecule has 22 heavy (non-hydrogen) atoms. The maximum atomic E-state index is 12.6. The molecule has 114 valence electrons. The first kappa shape index (κ1) is 14.5. The van der Waals surface area contributed by atoms with Crippen LogP contribution in [0.3, 0.4) is 0 Å². The Morgan fingerprint density at radius 3 is 3.00 bits per heavy atom. The number of nitrogens with one attached hydrogen (secondary N) is 1. The zero-order valence-electron chi connectivity index (χ0n) is 12.7. The summed E-state index contributed by atoms with van der Waals surface area (Å²) >= 11 is 0. The molecular formula is C17H20N4O. The Morgan fingerprint density at radius 2 is 2.23 bits per heavy atom. The van der Waals surface area contributed by atoms with Crippen LogP contribution in [0.1, 0.15) is 34.8 Å². The number of rotatable bonds is 3. The molecule has 0 aromatic carbocycles. The molecular weight excluding hydrogens is 276 g/mol. The number of piperidine rings is 1. The van der Waals surface area contributed by atoms with Gasteiger partial charge in [-0.25, -0.2) is 4.98 Å². The lowest BCUT2D eigenvalue weighted by atomic mass is 9.94. The predicted molar refractivity (Wildman–Crippen MR) is 85.9 cm³/mol. The first-order valence-electron chi connectivity index (χ1n) is 7.62. The van der Waals surface area contributed by atoms with Crippen molar-refractivity contribution in [1.29, 1.82) is 0 Å². The Balaban J connectivity index is 1.75. The monoisotopic (exact) mass is 296 g/mol. The Morgan fingerprint density at radius 1 is 1.32 bits per heavy atom. The van der Waals surface area contributed by atoms with E-state index >= 15 is 0 Å². The van der Waals surface area contributed by atoms with Gasteiger partial charge in [-0.1, -0.05) is 6.07 Å².